The van der Waals surface area contributed by atoms with Crippen LogP contribution in [-0.4, -0.2) is 29.9 Å². The van der Waals surface area contributed by atoms with Crippen molar-refractivity contribution in [2.75, 3.05) is 13.1 Å². The summed E-state index contributed by atoms with van der Waals surface area (Å²) in [6.45, 7) is 6.16. The highest BCUT2D eigenvalue weighted by atomic mass is 16.2. The Bertz CT molecular complexity index is 176. The van der Waals surface area contributed by atoms with Gasteiger partial charge in [0.25, 0.3) is 5.91 Å². The summed E-state index contributed by atoms with van der Waals surface area (Å²) in [5, 5.41) is 0. The molecule has 13 heavy (non-hydrogen) atoms. The van der Waals surface area contributed by atoms with Crippen molar-refractivity contribution in [3.8, 4) is 0 Å². The molecule has 76 valence electrons. The first-order chi connectivity index (χ1) is 6.16. The van der Waals surface area contributed by atoms with Crippen LogP contribution in [0.2, 0.25) is 0 Å². The number of nitrogens with two attached hydrogens (primary N) is 1. The maximum Gasteiger partial charge on any atom is 0.251 e. The molecule has 0 spiro atoms. The molecule has 0 radical (unpaired) electrons. The fourth-order valence-electron chi connectivity index (χ4n) is 2.00. The van der Waals surface area contributed by atoms with E-state index in [1.807, 2.05) is 0 Å². The van der Waals surface area contributed by atoms with Crippen LogP contribution >= 0.6 is 0 Å². The molecule has 0 bridgehead atoms. The minimum absolute atomic E-state index is 0.0486. The van der Waals surface area contributed by atoms with E-state index < -0.39 is 0 Å². The SMILES string of the molecule is CC(C)[C@@H](C(=O)NN)N1CCCC1. The van der Waals surface area contributed by atoms with Crippen molar-refractivity contribution < 1.29 is 4.79 Å². The minimum Gasteiger partial charge on any atom is -0.293 e. The van der Waals surface area contributed by atoms with Gasteiger partial charge in [-0.15, -0.1) is 0 Å². The van der Waals surface area contributed by atoms with E-state index in [2.05, 4.69) is 24.2 Å². The Morgan fingerprint density at radius 1 is 1.38 bits per heavy atom. The highest BCUT2D eigenvalue weighted by Crippen LogP contribution is 2.17. The Balaban J connectivity index is 2.60. The van der Waals surface area contributed by atoms with Gasteiger partial charge in [0.2, 0.25) is 0 Å². The molecule has 4 nitrogen and oxygen atoms in total. The number of carbonyl (C=O) groups is 1. The molecule has 0 aromatic rings. The average Bonchev–Trinajstić information content (AvgIpc) is 2.56. The molecule has 0 aromatic carbocycles. The Morgan fingerprint density at radius 2 is 1.92 bits per heavy atom. The summed E-state index contributed by atoms with van der Waals surface area (Å²) < 4.78 is 0. The van der Waals surface area contributed by atoms with Gasteiger partial charge in [-0.25, -0.2) is 5.84 Å². The number of carbonyl (C=O) groups excluding carboxylic acids is 1. The fraction of sp³-hybridized carbons (Fsp3) is 0.889. The first kappa shape index (κ1) is 10.5. The molecule has 4 heteroatoms. The largest absolute Gasteiger partial charge is 0.293 e. The maximum absolute atomic E-state index is 11.5. The van der Waals surface area contributed by atoms with Crippen molar-refractivity contribution >= 4 is 5.91 Å². The van der Waals surface area contributed by atoms with Gasteiger partial charge in [0.15, 0.2) is 0 Å². The van der Waals surface area contributed by atoms with E-state index in [1.165, 1.54) is 12.8 Å². The Kier molecular flexibility index (Phi) is 3.69. The second kappa shape index (κ2) is 4.58. The smallest absolute Gasteiger partial charge is 0.251 e. The molecule has 0 aliphatic carbocycles. The number of hydrazine groups is 1. The molecule has 0 unspecified atom stereocenters. The van der Waals surface area contributed by atoms with Gasteiger partial charge in [0.1, 0.15) is 0 Å². The van der Waals surface area contributed by atoms with Crippen molar-refractivity contribution in [3.05, 3.63) is 0 Å². The van der Waals surface area contributed by atoms with E-state index in [1.54, 1.807) is 0 Å². The first-order valence-corrected chi connectivity index (χ1v) is 4.91. The van der Waals surface area contributed by atoms with Gasteiger partial charge in [0.05, 0.1) is 6.04 Å². The predicted octanol–water partition coefficient (Wildman–Crippen LogP) is 0.0967. The van der Waals surface area contributed by atoms with Crippen molar-refractivity contribution in [2.45, 2.75) is 32.7 Å². The average molecular weight is 185 g/mol. The monoisotopic (exact) mass is 185 g/mol. The van der Waals surface area contributed by atoms with Gasteiger partial charge in [0, 0.05) is 0 Å². The topological polar surface area (TPSA) is 58.4 Å². The lowest BCUT2D eigenvalue weighted by Gasteiger charge is -2.28. The molecule has 1 fully saturated rings. The lowest BCUT2D eigenvalue weighted by Crippen LogP contribution is -2.50. The van der Waals surface area contributed by atoms with Crippen LogP contribution < -0.4 is 11.3 Å². The van der Waals surface area contributed by atoms with E-state index in [4.69, 9.17) is 5.84 Å². The molecule has 1 atom stereocenters. The van der Waals surface area contributed by atoms with E-state index >= 15 is 0 Å². The Morgan fingerprint density at radius 3 is 2.31 bits per heavy atom. The van der Waals surface area contributed by atoms with Crippen LogP contribution in [0.3, 0.4) is 0 Å². The van der Waals surface area contributed by atoms with E-state index in [0.29, 0.717) is 5.92 Å². The van der Waals surface area contributed by atoms with Crippen LogP contribution in [0.5, 0.6) is 0 Å². The number of nitrogens with one attached hydrogen (secondary N) is 1. The quantitative estimate of drug-likeness (QED) is 0.372. The van der Waals surface area contributed by atoms with E-state index in [9.17, 15) is 4.79 Å². The molecule has 3 N–H and O–H groups in total. The Labute approximate surface area is 79.4 Å². The third kappa shape index (κ3) is 2.42. The van der Waals surface area contributed by atoms with Crippen molar-refractivity contribution in [3.63, 3.8) is 0 Å². The van der Waals surface area contributed by atoms with E-state index in [0.717, 1.165) is 13.1 Å². The van der Waals surface area contributed by atoms with E-state index in [-0.39, 0.29) is 11.9 Å². The van der Waals surface area contributed by atoms with Crippen LogP contribution in [-0.2, 0) is 4.79 Å². The van der Waals surface area contributed by atoms with Crippen molar-refractivity contribution in [1.82, 2.24) is 10.3 Å². The summed E-state index contributed by atoms with van der Waals surface area (Å²) in [6.07, 6.45) is 2.39. The minimum atomic E-state index is -0.0584. The summed E-state index contributed by atoms with van der Waals surface area (Å²) in [6, 6.07) is -0.0486. The molecular formula is C9H19N3O. The standard InChI is InChI=1S/C9H19N3O/c1-7(2)8(9(13)11-10)12-5-3-4-6-12/h7-8H,3-6,10H2,1-2H3,(H,11,13)/t8-/m0/s1. The third-order valence-corrected chi connectivity index (χ3v) is 2.58. The molecule has 1 amide bonds. The highest BCUT2D eigenvalue weighted by molar-refractivity contribution is 5.81. The second-order valence-corrected chi connectivity index (χ2v) is 3.94. The number of hydrogen-bond acceptors (Lipinski definition) is 3. The second-order valence-electron chi connectivity index (χ2n) is 3.94. The van der Waals surface area contributed by atoms with Gasteiger partial charge < -0.3 is 0 Å². The summed E-state index contributed by atoms with van der Waals surface area (Å²) in [4.78, 5) is 13.7. The number of amides is 1. The predicted molar refractivity (Wildman–Crippen MR) is 51.8 cm³/mol. The number of hydrogen-bond donors (Lipinski definition) is 2. The fourth-order valence-corrected chi connectivity index (χ4v) is 2.00. The third-order valence-electron chi connectivity index (χ3n) is 2.58. The van der Waals surface area contributed by atoms with Crippen LogP contribution in [0.15, 0.2) is 0 Å². The summed E-state index contributed by atoms with van der Waals surface area (Å²) in [7, 11) is 0. The van der Waals surface area contributed by atoms with Crippen molar-refractivity contribution in [1.29, 1.82) is 0 Å². The number of likely N-dealkylation sites (tertiary alicyclic amines) is 1. The molecule has 1 saturated heterocycles. The first-order valence-electron chi connectivity index (χ1n) is 4.91. The summed E-state index contributed by atoms with van der Waals surface area (Å²) in [5.41, 5.74) is 2.24. The van der Waals surface area contributed by atoms with Crippen LogP contribution in [0.1, 0.15) is 26.7 Å². The van der Waals surface area contributed by atoms with Gasteiger partial charge >= 0.3 is 0 Å². The lowest BCUT2D eigenvalue weighted by atomic mass is 10.0. The summed E-state index contributed by atoms with van der Waals surface area (Å²) in [5.74, 6) is 5.41. The van der Waals surface area contributed by atoms with Gasteiger partial charge in [-0.05, 0) is 31.8 Å². The molecule has 1 rings (SSSR count). The number of nitrogens with zero attached hydrogens (tertiary/aromatic N) is 1. The summed E-state index contributed by atoms with van der Waals surface area (Å²) >= 11 is 0. The lowest BCUT2D eigenvalue weighted by molar-refractivity contribution is -0.127. The zero-order chi connectivity index (χ0) is 9.84. The van der Waals surface area contributed by atoms with Crippen LogP contribution in [0.25, 0.3) is 0 Å². The molecular weight excluding hydrogens is 166 g/mol. The molecule has 0 saturated carbocycles. The highest BCUT2D eigenvalue weighted by Gasteiger charge is 2.29. The number of rotatable bonds is 3. The van der Waals surface area contributed by atoms with Crippen LogP contribution in [0, 0.1) is 5.92 Å². The molecule has 0 aromatic heterocycles. The molecule has 1 aliphatic rings. The van der Waals surface area contributed by atoms with Crippen molar-refractivity contribution in [2.24, 2.45) is 11.8 Å². The van der Waals surface area contributed by atoms with Gasteiger partial charge in [-0.3, -0.25) is 15.1 Å². The molecule has 1 heterocycles. The van der Waals surface area contributed by atoms with Gasteiger partial charge in [-0.2, -0.15) is 0 Å². The van der Waals surface area contributed by atoms with Gasteiger partial charge in [-0.1, -0.05) is 13.8 Å². The Hall–Kier alpha value is -0.610. The van der Waals surface area contributed by atoms with Crippen LogP contribution in [0.4, 0.5) is 0 Å². The maximum atomic E-state index is 11.5. The normalized spacial score (nSPS) is 20.6. The zero-order valence-corrected chi connectivity index (χ0v) is 8.42. The zero-order valence-electron chi connectivity index (χ0n) is 8.42. The molecule has 1 aliphatic heterocycles.